The van der Waals surface area contributed by atoms with Crippen molar-refractivity contribution in [1.29, 1.82) is 0 Å². The Balaban J connectivity index is 0.000000162. The zero-order valence-electron chi connectivity index (χ0n) is 44.5. The first kappa shape index (κ1) is 51.9. The first-order valence-electron chi connectivity index (χ1n) is 26.2. The van der Waals surface area contributed by atoms with Gasteiger partial charge >= 0.3 is 51.4 Å². The van der Waals surface area contributed by atoms with Crippen LogP contribution in [0.5, 0.6) is 0 Å². The lowest BCUT2D eigenvalue weighted by atomic mass is 9.89. The van der Waals surface area contributed by atoms with Crippen LogP contribution >= 0.6 is 0 Å². The maximum atomic E-state index is 7.35. The van der Waals surface area contributed by atoms with E-state index in [1.807, 2.05) is 0 Å². The van der Waals surface area contributed by atoms with Crippen LogP contribution in [0.15, 0.2) is 243 Å². The van der Waals surface area contributed by atoms with Crippen molar-refractivity contribution in [3.8, 4) is 0 Å². The Kier molecular flexibility index (Phi) is 14.1. The SMILES string of the molecule is C[Si]1(C)O[Si](C)(C)O[Si]2(O1)C(c1ccccc1)=C(c1ccccc1)C(c1ccccc1)=C2c1ccccc1.C[Si]1(C)O[Si](C)(C)O[Si]2(O1)C(c1ccccc1)=C(c1ccccc1)C(c1ccccc1)=C2c1ccccc1. The molecule has 8 aromatic carbocycles. The molecule has 4 aliphatic rings. The Morgan fingerprint density at radius 1 is 0.184 bits per heavy atom. The van der Waals surface area contributed by atoms with Gasteiger partial charge in [-0.15, -0.1) is 0 Å². The minimum absolute atomic E-state index is 1.15. The molecule has 0 aromatic heterocycles. The van der Waals surface area contributed by atoms with Crippen LogP contribution in [0.3, 0.4) is 0 Å². The topological polar surface area (TPSA) is 55.4 Å². The van der Waals surface area contributed by atoms with Crippen LogP contribution in [-0.2, 0) is 24.7 Å². The summed E-state index contributed by atoms with van der Waals surface area (Å²) in [6, 6.07) is 85.7. The van der Waals surface area contributed by atoms with Gasteiger partial charge in [0, 0.05) is 20.8 Å². The molecule has 2 spiro atoms. The minimum Gasteiger partial charge on any atom is -0.416 e. The van der Waals surface area contributed by atoms with Crippen LogP contribution in [0.2, 0.25) is 52.4 Å². The summed E-state index contributed by atoms with van der Waals surface area (Å²) in [4.78, 5) is 0. The second-order valence-electron chi connectivity index (χ2n) is 21.4. The van der Waals surface area contributed by atoms with E-state index >= 15 is 0 Å². The monoisotopic (exact) mass is 1100 g/mol. The van der Waals surface area contributed by atoms with Gasteiger partial charge in [-0.25, -0.2) is 0 Å². The molecule has 0 atom stereocenters. The highest BCUT2D eigenvalue weighted by molar-refractivity contribution is 7.15. The molecular formula is C64H64O6Si6. The predicted octanol–water partition coefficient (Wildman–Crippen LogP) is 16.4. The summed E-state index contributed by atoms with van der Waals surface area (Å²) in [5.41, 5.74) is 14.1. The molecule has 0 aliphatic carbocycles. The van der Waals surface area contributed by atoms with Gasteiger partial charge in [0.1, 0.15) is 0 Å². The number of rotatable bonds is 8. The molecule has 0 saturated carbocycles. The van der Waals surface area contributed by atoms with E-state index in [4.69, 9.17) is 24.7 Å². The first-order valence-corrected chi connectivity index (χ1v) is 41.1. The Morgan fingerprint density at radius 2 is 0.329 bits per heavy atom. The minimum atomic E-state index is -3.26. The lowest BCUT2D eigenvalue weighted by Crippen LogP contribution is -2.67. The van der Waals surface area contributed by atoms with Crippen molar-refractivity contribution in [2.75, 3.05) is 0 Å². The number of benzene rings is 8. The van der Waals surface area contributed by atoms with Crippen molar-refractivity contribution in [3.05, 3.63) is 287 Å². The van der Waals surface area contributed by atoms with Crippen LogP contribution in [0.4, 0.5) is 0 Å². The molecule has 0 amide bonds. The van der Waals surface area contributed by atoms with Gasteiger partial charge < -0.3 is 24.7 Å². The highest BCUT2D eigenvalue weighted by atomic mass is 28.5. The maximum absolute atomic E-state index is 7.35. The second-order valence-corrected chi connectivity index (χ2v) is 41.9. The third-order valence-corrected chi connectivity index (χ3v) is 39.0. The molecule has 8 aromatic rings. The smallest absolute Gasteiger partial charge is 0.392 e. The Labute approximate surface area is 455 Å². The van der Waals surface area contributed by atoms with Crippen LogP contribution < -0.4 is 0 Å². The highest BCUT2D eigenvalue weighted by Gasteiger charge is 2.65. The van der Waals surface area contributed by atoms with E-state index in [0.717, 1.165) is 22.3 Å². The van der Waals surface area contributed by atoms with E-state index in [0.29, 0.717) is 0 Å². The van der Waals surface area contributed by atoms with Crippen molar-refractivity contribution < 1.29 is 24.7 Å². The van der Waals surface area contributed by atoms with Gasteiger partial charge in [0.15, 0.2) is 0 Å². The molecule has 2 saturated heterocycles. The molecule has 2 fully saturated rings. The van der Waals surface area contributed by atoms with Crippen molar-refractivity contribution >= 4 is 94.4 Å². The van der Waals surface area contributed by atoms with E-state index in [1.165, 1.54) is 65.3 Å². The standard InChI is InChI=1S/2C32H32O3Si3/c2*1-36(2)33-37(3,4)35-38(34-36)31(27-21-13-7-14-22-27)29(25-17-9-5-10-18-25)30(26-19-11-6-12-20-26)32(38)28-23-15-8-16-24-28/h2*5-24H,1-4H3. The van der Waals surface area contributed by atoms with Crippen LogP contribution in [-0.4, -0.2) is 51.4 Å². The number of hydrogen-bond donors (Lipinski definition) is 0. The van der Waals surface area contributed by atoms with E-state index in [9.17, 15) is 0 Å². The average Bonchev–Trinajstić information content (AvgIpc) is 3.97. The van der Waals surface area contributed by atoms with Gasteiger partial charge in [-0.1, -0.05) is 243 Å². The molecule has 4 heterocycles. The first-order chi connectivity index (χ1) is 36.6. The fourth-order valence-corrected chi connectivity index (χ4v) is 44.0. The predicted molar refractivity (Wildman–Crippen MR) is 327 cm³/mol. The van der Waals surface area contributed by atoms with E-state index in [-0.39, 0.29) is 0 Å². The van der Waals surface area contributed by atoms with Crippen LogP contribution in [0.1, 0.15) is 44.5 Å². The molecule has 0 radical (unpaired) electrons. The largest absolute Gasteiger partial charge is 0.416 e. The quantitative estimate of drug-likeness (QED) is 0.141. The molecule has 12 rings (SSSR count). The van der Waals surface area contributed by atoms with Crippen molar-refractivity contribution in [1.82, 2.24) is 0 Å². The lowest BCUT2D eigenvalue weighted by molar-refractivity contribution is 0.247. The normalized spacial score (nSPS) is 19.7. The molecule has 6 nitrogen and oxygen atoms in total. The highest BCUT2D eigenvalue weighted by Crippen LogP contribution is 2.61. The molecule has 0 N–H and O–H groups in total. The summed E-state index contributed by atoms with van der Waals surface area (Å²) >= 11 is 0. The lowest BCUT2D eigenvalue weighted by Gasteiger charge is -2.50. The average molecular weight is 1100 g/mol. The third-order valence-electron chi connectivity index (χ3n) is 13.9. The van der Waals surface area contributed by atoms with E-state index in [2.05, 4.69) is 295 Å². The molecule has 0 bridgehead atoms. The summed E-state index contributed by atoms with van der Waals surface area (Å²) in [6.07, 6.45) is 0. The molecule has 0 unspecified atom stereocenters. The second kappa shape index (κ2) is 20.6. The molecular weight excluding hydrogens is 1030 g/mol. The van der Waals surface area contributed by atoms with Crippen LogP contribution in [0, 0.1) is 0 Å². The van der Waals surface area contributed by atoms with Crippen molar-refractivity contribution in [2.45, 2.75) is 52.4 Å². The van der Waals surface area contributed by atoms with Gasteiger partial charge in [-0.05, 0) is 119 Å². The molecule has 380 valence electrons. The molecule has 76 heavy (non-hydrogen) atoms. The Morgan fingerprint density at radius 3 is 0.487 bits per heavy atom. The van der Waals surface area contributed by atoms with Crippen LogP contribution in [0.25, 0.3) is 43.1 Å². The van der Waals surface area contributed by atoms with E-state index in [1.54, 1.807) is 0 Å². The van der Waals surface area contributed by atoms with Gasteiger partial charge in [-0.2, -0.15) is 0 Å². The number of allylic oxidation sites excluding steroid dienone is 4. The fourth-order valence-electron chi connectivity index (χ4n) is 11.8. The summed E-state index contributed by atoms with van der Waals surface area (Å²) in [7, 11) is -16.7. The Bertz CT molecular complexity index is 3030. The van der Waals surface area contributed by atoms with Gasteiger partial charge in [-0.3, -0.25) is 0 Å². The van der Waals surface area contributed by atoms with Gasteiger partial charge in [0.2, 0.25) is 0 Å². The van der Waals surface area contributed by atoms with Crippen molar-refractivity contribution in [3.63, 3.8) is 0 Å². The molecule has 4 aliphatic heterocycles. The van der Waals surface area contributed by atoms with Gasteiger partial charge in [0.25, 0.3) is 0 Å². The van der Waals surface area contributed by atoms with E-state index < -0.39 is 51.4 Å². The van der Waals surface area contributed by atoms with Gasteiger partial charge in [0.05, 0.1) is 0 Å². The number of hydrogen-bond acceptors (Lipinski definition) is 6. The summed E-state index contributed by atoms with van der Waals surface area (Å²) in [6.45, 7) is 17.4. The zero-order chi connectivity index (χ0) is 52.8. The third kappa shape index (κ3) is 10.0. The van der Waals surface area contributed by atoms with Crippen molar-refractivity contribution in [2.24, 2.45) is 0 Å². The Hall–Kier alpha value is -6.22. The maximum Gasteiger partial charge on any atom is 0.392 e. The summed E-state index contributed by atoms with van der Waals surface area (Å²) in [5, 5.41) is 4.75. The zero-order valence-corrected chi connectivity index (χ0v) is 50.5. The fraction of sp³-hybridized carbons (Fsp3) is 0.125. The summed E-state index contributed by atoms with van der Waals surface area (Å²) < 4.78 is 42.6. The summed E-state index contributed by atoms with van der Waals surface area (Å²) in [5.74, 6) is 0. The molecule has 12 heteroatoms.